The van der Waals surface area contributed by atoms with Crippen molar-refractivity contribution in [2.24, 2.45) is 10.4 Å². The van der Waals surface area contributed by atoms with Gasteiger partial charge in [-0.2, -0.15) is 0 Å². The molecule has 0 aliphatic rings. The Balaban J connectivity index is 0.00000480. The van der Waals surface area contributed by atoms with E-state index in [2.05, 4.69) is 43.5 Å². The molecule has 0 bridgehead atoms. The van der Waals surface area contributed by atoms with Crippen LogP contribution in [0.3, 0.4) is 0 Å². The van der Waals surface area contributed by atoms with Crippen LogP contribution in [0.1, 0.15) is 51.2 Å². The molecule has 1 aromatic carbocycles. The van der Waals surface area contributed by atoms with Crippen molar-refractivity contribution in [1.82, 2.24) is 15.2 Å². The number of aliphatic hydroxyl groups is 1. The summed E-state index contributed by atoms with van der Waals surface area (Å²) in [6.45, 7) is 9.34. The summed E-state index contributed by atoms with van der Waals surface area (Å²) in [4.78, 5) is 16.6. The highest BCUT2D eigenvalue weighted by molar-refractivity contribution is 14.0. The van der Waals surface area contributed by atoms with Gasteiger partial charge in [0.05, 0.1) is 13.1 Å². The molecule has 2 rings (SSSR count). The molecule has 0 atom stereocenters. The van der Waals surface area contributed by atoms with Crippen molar-refractivity contribution in [2.45, 2.75) is 53.1 Å². The Hall–Kier alpha value is -1.87. The number of hydrogen-bond acceptors (Lipinski definition) is 3. The third kappa shape index (κ3) is 8.65. The van der Waals surface area contributed by atoms with Gasteiger partial charge >= 0.3 is 0 Å². The lowest BCUT2D eigenvalue weighted by molar-refractivity contribution is 0.169. The number of nitrogens with one attached hydrogen (secondary N) is 2. The summed E-state index contributed by atoms with van der Waals surface area (Å²) in [5.74, 6) is 0.793. The molecular weight excluding hydrogens is 503 g/mol. The average Bonchev–Trinajstić information content (AvgIpc) is 2.77. The van der Waals surface area contributed by atoms with Gasteiger partial charge in [0.2, 0.25) is 0 Å². The number of nitrogens with zero attached hydrogens (tertiary/aromatic N) is 2. The first-order chi connectivity index (χ1) is 14.6. The minimum Gasteiger partial charge on any atom is -0.396 e. The average molecular weight is 540 g/mol. The maximum Gasteiger partial charge on any atom is 0.250 e. The third-order valence-electron chi connectivity index (χ3n) is 5.81. The quantitative estimate of drug-likeness (QED) is 0.231. The molecule has 31 heavy (non-hydrogen) atoms. The lowest BCUT2D eigenvalue weighted by atomic mass is 9.79. The van der Waals surface area contributed by atoms with Gasteiger partial charge in [-0.1, -0.05) is 44.2 Å². The molecule has 0 saturated heterocycles. The highest BCUT2D eigenvalue weighted by Crippen LogP contribution is 2.29. The van der Waals surface area contributed by atoms with Crippen molar-refractivity contribution in [2.75, 3.05) is 19.7 Å². The zero-order valence-corrected chi connectivity index (χ0v) is 21.3. The Morgan fingerprint density at radius 3 is 2.29 bits per heavy atom. The second kappa shape index (κ2) is 14.2. The summed E-state index contributed by atoms with van der Waals surface area (Å²) in [5, 5.41) is 16.2. The van der Waals surface area contributed by atoms with Gasteiger partial charge < -0.3 is 20.3 Å². The molecule has 1 heterocycles. The molecule has 0 fully saturated rings. The molecule has 0 unspecified atom stereocenters. The summed E-state index contributed by atoms with van der Waals surface area (Å²) < 4.78 is 1.69. The van der Waals surface area contributed by atoms with Crippen molar-refractivity contribution in [3.63, 3.8) is 0 Å². The predicted octanol–water partition coefficient (Wildman–Crippen LogP) is 3.76. The number of aromatic nitrogens is 1. The topological polar surface area (TPSA) is 78.7 Å². The van der Waals surface area contributed by atoms with Gasteiger partial charge in [-0.3, -0.25) is 4.79 Å². The van der Waals surface area contributed by atoms with Gasteiger partial charge in [-0.15, -0.1) is 24.0 Å². The lowest BCUT2D eigenvalue weighted by Gasteiger charge is -2.32. The molecule has 0 aliphatic heterocycles. The van der Waals surface area contributed by atoms with Crippen LogP contribution >= 0.6 is 24.0 Å². The molecule has 0 spiro atoms. The van der Waals surface area contributed by atoms with Gasteiger partial charge in [0.25, 0.3) is 5.56 Å². The fourth-order valence-corrected chi connectivity index (χ4v) is 3.50. The first-order valence-corrected chi connectivity index (χ1v) is 10.9. The predicted molar refractivity (Wildman–Crippen MR) is 139 cm³/mol. The monoisotopic (exact) mass is 540 g/mol. The lowest BCUT2D eigenvalue weighted by Crippen LogP contribution is -2.43. The molecule has 6 nitrogen and oxygen atoms in total. The Labute approximate surface area is 203 Å². The van der Waals surface area contributed by atoms with Crippen LogP contribution in [0.25, 0.3) is 0 Å². The van der Waals surface area contributed by atoms with E-state index in [1.807, 2.05) is 18.2 Å². The van der Waals surface area contributed by atoms with Crippen molar-refractivity contribution >= 4 is 29.9 Å². The van der Waals surface area contributed by atoms with Crippen molar-refractivity contribution in [1.29, 1.82) is 0 Å². The Bertz CT molecular complexity index is 845. The van der Waals surface area contributed by atoms with E-state index in [0.717, 1.165) is 49.4 Å². The number of pyridine rings is 1. The molecule has 7 heteroatoms. The van der Waals surface area contributed by atoms with E-state index in [1.54, 1.807) is 22.9 Å². The molecule has 0 amide bonds. The fourth-order valence-electron chi connectivity index (χ4n) is 3.50. The van der Waals surface area contributed by atoms with E-state index >= 15 is 0 Å². The first-order valence-electron chi connectivity index (χ1n) is 10.9. The number of hydrogen-bond donors (Lipinski definition) is 3. The smallest absolute Gasteiger partial charge is 0.250 e. The zero-order chi connectivity index (χ0) is 21.8. The van der Waals surface area contributed by atoms with Crippen LogP contribution in [0.4, 0.5) is 0 Å². The highest BCUT2D eigenvalue weighted by Gasteiger charge is 2.25. The fraction of sp³-hybridized carbons (Fsp3) is 0.500. The molecule has 0 radical (unpaired) electrons. The Morgan fingerprint density at radius 2 is 1.71 bits per heavy atom. The van der Waals surface area contributed by atoms with Crippen LogP contribution in [0.2, 0.25) is 0 Å². The van der Waals surface area contributed by atoms with Crippen LogP contribution in [-0.2, 0) is 13.1 Å². The van der Waals surface area contributed by atoms with Crippen LogP contribution in [0, 0.1) is 5.41 Å². The van der Waals surface area contributed by atoms with Crippen molar-refractivity contribution < 1.29 is 5.11 Å². The zero-order valence-electron chi connectivity index (χ0n) is 18.9. The molecule has 172 valence electrons. The molecule has 1 aromatic heterocycles. The summed E-state index contributed by atoms with van der Waals surface area (Å²) in [7, 11) is 0. The molecule has 0 aliphatic carbocycles. The van der Waals surface area contributed by atoms with Gasteiger partial charge in [0, 0.05) is 32.0 Å². The number of aliphatic imine (C=N–C) groups is 1. The second-order valence-electron chi connectivity index (χ2n) is 7.71. The number of benzene rings is 1. The van der Waals surface area contributed by atoms with Crippen LogP contribution in [0.15, 0.2) is 58.4 Å². The Kier molecular flexibility index (Phi) is 12.5. The van der Waals surface area contributed by atoms with Crippen LogP contribution in [-0.4, -0.2) is 35.3 Å². The number of guanidine groups is 1. The SMILES string of the molecule is CCNC(=NCc1ccc(Cn2ccccc2=O)cc1)NCC(CC)(CC)CCO.I. The van der Waals surface area contributed by atoms with Crippen molar-refractivity contribution in [3.8, 4) is 0 Å². The second-order valence-corrected chi connectivity index (χ2v) is 7.71. The third-order valence-corrected chi connectivity index (χ3v) is 5.81. The molecule has 2 aromatic rings. The standard InChI is InChI=1S/C24H36N4O2.HI/c1-4-24(5-2,14-16-29)19-27-23(25-6-3)26-17-20-10-12-21(13-11-20)18-28-15-8-7-9-22(28)30;/h7-13,15,29H,4-6,14,16-19H2,1-3H3,(H2,25,26,27);1H. The van der Waals surface area contributed by atoms with E-state index < -0.39 is 0 Å². The maximum atomic E-state index is 11.9. The molecule has 3 N–H and O–H groups in total. The van der Waals surface area contributed by atoms with Crippen LogP contribution in [0.5, 0.6) is 0 Å². The summed E-state index contributed by atoms with van der Waals surface area (Å²) in [5.41, 5.74) is 2.29. The minimum absolute atomic E-state index is 0. The summed E-state index contributed by atoms with van der Waals surface area (Å²) in [6.07, 6.45) is 4.63. The maximum absolute atomic E-state index is 11.9. The van der Waals surface area contributed by atoms with Crippen molar-refractivity contribution in [3.05, 3.63) is 70.1 Å². The van der Waals surface area contributed by atoms with E-state index in [9.17, 15) is 9.90 Å². The molecular formula is C24H37IN4O2. The van der Waals surface area contributed by atoms with Gasteiger partial charge in [-0.25, -0.2) is 4.99 Å². The Morgan fingerprint density at radius 1 is 1.03 bits per heavy atom. The first kappa shape index (κ1) is 27.2. The summed E-state index contributed by atoms with van der Waals surface area (Å²) in [6, 6.07) is 13.4. The van der Waals surface area contributed by atoms with E-state index in [0.29, 0.717) is 13.1 Å². The van der Waals surface area contributed by atoms with Gasteiger partial charge in [0.1, 0.15) is 0 Å². The van der Waals surface area contributed by atoms with Gasteiger partial charge in [0.15, 0.2) is 5.96 Å². The normalized spacial score (nSPS) is 11.7. The van der Waals surface area contributed by atoms with E-state index in [1.165, 1.54) is 0 Å². The summed E-state index contributed by atoms with van der Waals surface area (Å²) >= 11 is 0. The highest BCUT2D eigenvalue weighted by atomic mass is 127. The number of aliphatic hydroxyl groups excluding tert-OH is 1. The number of halogens is 1. The minimum atomic E-state index is 0. The van der Waals surface area contributed by atoms with E-state index in [-0.39, 0.29) is 41.6 Å². The molecule has 0 saturated carbocycles. The van der Waals surface area contributed by atoms with Crippen LogP contribution < -0.4 is 16.2 Å². The van der Waals surface area contributed by atoms with Gasteiger partial charge in [-0.05, 0) is 48.8 Å². The number of rotatable bonds is 11. The largest absolute Gasteiger partial charge is 0.396 e. The van der Waals surface area contributed by atoms with E-state index in [4.69, 9.17) is 4.99 Å².